The Morgan fingerprint density at radius 3 is 3.15 bits per heavy atom. The highest BCUT2D eigenvalue weighted by Crippen LogP contribution is 2.34. The van der Waals surface area contributed by atoms with Gasteiger partial charge < -0.3 is 10.1 Å². The molecule has 3 heterocycles. The SMILES string of the molecule is CC(C(=O)NC1CCOc2ccc(Br)cc21)n1c(-c2cccs2)n[nH]c1=S. The van der Waals surface area contributed by atoms with E-state index >= 15 is 0 Å². The number of halogens is 1. The minimum atomic E-state index is -0.494. The van der Waals surface area contributed by atoms with Crippen molar-refractivity contribution in [1.82, 2.24) is 20.1 Å². The lowest BCUT2D eigenvalue weighted by Gasteiger charge is -2.28. The molecule has 2 N–H and O–H groups in total. The fourth-order valence-corrected chi connectivity index (χ4v) is 4.55. The molecule has 27 heavy (non-hydrogen) atoms. The van der Waals surface area contributed by atoms with Crippen LogP contribution in [0.15, 0.2) is 40.2 Å². The van der Waals surface area contributed by atoms with Crippen molar-refractivity contribution in [2.45, 2.75) is 25.4 Å². The highest BCUT2D eigenvalue weighted by atomic mass is 79.9. The number of nitrogens with zero attached hydrogens (tertiary/aromatic N) is 2. The van der Waals surface area contributed by atoms with Gasteiger partial charge in [-0.3, -0.25) is 14.5 Å². The second-order valence-electron chi connectivity index (χ2n) is 6.26. The number of hydrogen-bond acceptors (Lipinski definition) is 5. The van der Waals surface area contributed by atoms with E-state index in [1.54, 1.807) is 15.9 Å². The Hall–Kier alpha value is -1.97. The molecule has 0 aliphatic carbocycles. The Morgan fingerprint density at radius 1 is 1.52 bits per heavy atom. The third-order valence-electron chi connectivity index (χ3n) is 4.54. The standard InChI is InChI=1S/C18H17BrN4O2S2/c1-10(23-16(21-22-18(23)26)15-3-2-8-27-15)17(24)20-13-6-7-25-14-5-4-11(19)9-12(13)14/h2-5,8-10,13H,6-7H2,1H3,(H,20,24)(H,22,26). The van der Waals surface area contributed by atoms with Crippen LogP contribution in [0.5, 0.6) is 5.75 Å². The van der Waals surface area contributed by atoms with Gasteiger partial charge in [-0.1, -0.05) is 22.0 Å². The van der Waals surface area contributed by atoms with Crippen molar-refractivity contribution < 1.29 is 9.53 Å². The van der Waals surface area contributed by atoms with Gasteiger partial charge in [0.05, 0.1) is 17.5 Å². The molecule has 6 nitrogen and oxygen atoms in total. The van der Waals surface area contributed by atoms with Crippen molar-refractivity contribution >= 4 is 45.4 Å². The molecule has 2 atom stereocenters. The maximum Gasteiger partial charge on any atom is 0.243 e. The van der Waals surface area contributed by atoms with Crippen LogP contribution in [0.25, 0.3) is 10.7 Å². The van der Waals surface area contributed by atoms with Crippen LogP contribution in [0.4, 0.5) is 0 Å². The second kappa shape index (κ2) is 7.57. The fourth-order valence-electron chi connectivity index (χ4n) is 3.17. The molecule has 0 fully saturated rings. The van der Waals surface area contributed by atoms with Gasteiger partial charge in [0.25, 0.3) is 0 Å². The van der Waals surface area contributed by atoms with Crippen LogP contribution in [0.3, 0.4) is 0 Å². The molecule has 1 aliphatic rings. The number of benzene rings is 1. The number of carbonyl (C=O) groups is 1. The Balaban J connectivity index is 1.60. The summed E-state index contributed by atoms with van der Waals surface area (Å²) in [5.74, 6) is 1.37. The Labute approximate surface area is 173 Å². The van der Waals surface area contributed by atoms with Crippen LogP contribution in [0, 0.1) is 4.77 Å². The van der Waals surface area contributed by atoms with E-state index in [9.17, 15) is 4.79 Å². The van der Waals surface area contributed by atoms with Gasteiger partial charge in [-0.15, -0.1) is 11.3 Å². The zero-order chi connectivity index (χ0) is 19.0. The number of H-pyrrole nitrogens is 1. The average molecular weight is 465 g/mol. The van der Waals surface area contributed by atoms with Crippen molar-refractivity contribution in [3.05, 3.63) is 50.5 Å². The van der Waals surface area contributed by atoms with E-state index in [4.69, 9.17) is 17.0 Å². The summed E-state index contributed by atoms with van der Waals surface area (Å²) in [5, 5.41) is 12.2. The van der Waals surface area contributed by atoms with Crippen molar-refractivity contribution in [2.75, 3.05) is 6.61 Å². The van der Waals surface area contributed by atoms with Gasteiger partial charge in [0.1, 0.15) is 11.8 Å². The van der Waals surface area contributed by atoms with E-state index < -0.39 is 6.04 Å². The first kappa shape index (κ1) is 18.4. The molecule has 0 saturated carbocycles. The number of aromatic nitrogens is 3. The number of carbonyl (C=O) groups excluding carboxylic acids is 1. The highest BCUT2D eigenvalue weighted by Gasteiger charge is 2.27. The molecule has 140 valence electrons. The zero-order valence-electron chi connectivity index (χ0n) is 14.4. The largest absolute Gasteiger partial charge is 0.493 e. The summed E-state index contributed by atoms with van der Waals surface area (Å²) in [6, 6.07) is 9.16. The maximum atomic E-state index is 13.0. The van der Waals surface area contributed by atoms with Gasteiger partial charge in [-0.25, -0.2) is 0 Å². The Bertz CT molecular complexity index is 1030. The fraction of sp³-hybridized carbons (Fsp3) is 0.278. The predicted molar refractivity (Wildman–Crippen MR) is 111 cm³/mol. The number of nitrogens with one attached hydrogen (secondary N) is 2. The van der Waals surface area contributed by atoms with Crippen LogP contribution < -0.4 is 10.1 Å². The first-order chi connectivity index (χ1) is 13.0. The molecule has 1 aliphatic heterocycles. The third-order valence-corrected chi connectivity index (χ3v) is 6.19. The van der Waals surface area contributed by atoms with Crippen LogP contribution >= 0.6 is 39.5 Å². The van der Waals surface area contributed by atoms with Crippen LogP contribution in [0.1, 0.15) is 31.0 Å². The molecule has 0 radical (unpaired) electrons. The molecule has 0 spiro atoms. The minimum absolute atomic E-state index is 0.104. The van der Waals surface area contributed by atoms with Crippen LogP contribution in [-0.2, 0) is 4.79 Å². The summed E-state index contributed by atoms with van der Waals surface area (Å²) in [7, 11) is 0. The molecule has 3 aromatic rings. The molecule has 1 amide bonds. The van der Waals surface area contributed by atoms with E-state index in [-0.39, 0.29) is 11.9 Å². The molecule has 4 rings (SSSR count). The lowest BCUT2D eigenvalue weighted by Crippen LogP contribution is -2.36. The van der Waals surface area contributed by atoms with Gasteiger partial charge in [0, 0.05) is 16.5 Å². The van der Waals surface area contributed by atoms with E-state index in [1.807, 2.05) is 42.6 Å². The first-order valence-electron chi connectivity index (χ1n) is 8.48. The topological polar surface area (TPSA) is 71.9 Å². The van der Waals surface area contributed by atoms with Gasteiger partial charge in [-0.05, 0) is 48.8 Å². The number of amides is 1. The average Bonchev–Trinajstić information content (AvgIpc) is 3.31. The summed E-state index contributed by atoms with van der Waals surface area (Å²) in [6.07, 6.45) is 0.719. The third kappa shape index (κ3) is 3.59. The van der Waals surface area contributed by atoms with Crippen LogP contribution in [-0.4, -0.2) is 27.3 Å². The summed E-state index contributed by atoms with van der Waals surface area (Å²) in [6.45, 7) is 2.40. The molecule has 2 unspecified atom stereocenters. The normalized spacial score (nSPS) is 17.0. The maximum absolute atomic E-state index is 13.0. The van der Waals surface area contributed by atoms with Gasteiger partial charge in [-0.2, -0.15) is 5.10 Å². The van der Waals surface area contributed by atoms with E-state index in [0.717, 1.165) is 27.1 Å². The quantitative estimate of drug-likeness (QED) is 0.551. The number of hydrogen-bond donors (Lipinski definition) is 2. The summed E-state index contributed by atoms with van der Waals surface area (Å²) in [5.41, 5.74) is 0.977. The molecule has 0 bridgehead atoms. The molecule has 2 aromatic heterocycles. The monoisotopic (exact) mass is 464 g/mol. The lowest BCUT2D eigenvalue weighted by molar-refractivity contribution is -0.124. The van der Waals surface area contributed by atoms with Gasteiger partial charge >= 0.3 is 0 Å². The Kier molecular flexibility index (Phi) is 5.16. The Morgan fingerprint density at radius 2 is 2.37 bits per heavy atom. The molecular formula is C18H17BrN4O2S2. The number of aromatic amines is 1. The molecule has 0 saturated heterocycles. The van der Waals surface area contributed by atoms with E-state index in [2.05, 4.69) is 31.4 Å². The zero-order valence-corrected chi connectivity index (χ0v) is 17.7. The number of thiophene rings is 1. The van der Waals surface area contributed by atoms with Crippen LogP contribution in [0.2, 0.25) is 0 Å². The first-order valence-corrected chi connectivity index (χ1v) is 10.6. The van der Waals surface area contributed by atoms with Crippen molar-refractivity contribution in [2.24, 2.45) is 0 Å². The number of ether oxygens (including phenoxy) is 1. The van der Waals surface area contributed by atoms with Gasteiger partial charge in [0.15, 0.2) is 10.6 Å². The van der Waals surface area contributed by atoms with Crippen molar-refractivity contribution in [3.63, 3.8) is 0 Å². The van der Waals surface area contributed by atoms with Gasteiger partial charge in [0.2, 0.25) is 5.91 Å². The highest BCUT2D eigenvalue weighted by molar-refractivity contribution is 9.10. The molecule has 1 aromatic carbocycles. The summed E-state index contributed by atoms with van der Waals surface area (Å²) < 4.78 is 8.85. The predicted octanol–water partition coefficient (Wildman–Crippen LogP) is 4.63. The summed E-state index contributed by atoms with van der Waals surface area (Å²) >= 11 is 10.4. The lowest BCUT2D eigenvalue weighted by atomic mass is 10.0. The van der Waals surface area contributed by atoms with E-state index in [1.165, 1.54) is 0 Å². The van der Waals surface area contributed by atoms with E-state index in [0.29, 0.717) is 17.2 Å². The van der Waals surface area contributed by atoms with Crippen molar-refractivity contribution in [1.29, 1.82) is 0 Å². The summed E-state index contributed by atoms with van der Waals surface area (Å²) in [4.78, 5) is 14.0. The number of fused-ring (bicyclic) bond motifs is 1. The second-order valence-corrected chi connectivity index (χ2v) is 8.51. The number of rotatable bonds is 4. The van der Waals surface area contributed by atoms with Crippen molar-refractivity contribution in [3.8, 4) is 16.5 Å². The minimum Gasteiger partial charge on any atom is -0.493 e. The molecule has 9 heteroatoms. The molecular weight excluding hydrogens is 448 g/mol. The smallest absolute Gasteiger partial charge is 0.243 e.